The van der Waals surface area contributed by atoms with E-state index in [2.05, 4.69) is 10.0 Å². The average molecular weight is 493 g/mol. The van der Waals surface area contributed by atoms with Crippen molar-refractivity contribution >= 4 is 44.8 Å². The molecule has 3 aromatic carbocycles. The van der Waals surface area contributed by atoms with Gasteiger partial charge in [-0.2, -0.15) is 4.72 Å². The van der Waals surface area contributed by atoms with Crippen molar-refractivity contribution in [3.63, 3.8) is 0 Å². The molecule has 0 unspecified atom stereocenters. The Balaban J connectivity index is 1.61. The second-order valence-electron chi connectivity index (χ2n) is 7.00. The van der Waals surface area contributed by atoms with Crippen LogP contribution in [0.2, 0.25) is 10.0 Å². The number of amides is 1. The maximum atomic E-state index is 13.1. The summed E-state index contributed by atoms with van der Waals surface area (Å²) in [7, 11) is -4.15. The predicted octanol–water partition coefficient (Wildman–Crippen LogP) is 4.25. The van der Waals surface area contributed by atoms with Crippen LogP contribution in [0.3, 0.4) is 0 Å². The van der Waals surface area contributed by atoms with Gasteiger partial charge in [0.05, 0.1) is 5.02 Å². The van der Waals surface area contributed by atoms with E-state index in [0.717, 1.165) is 5.56 Å². The standard InChI is InChI=1S/C22H18Cl2N2O5S/c23-15-6-8-17(24)21(11-15)32(28,29)26-18(10-14-4-2-1-3-5-14)22(27)25-16-7-9-19-20(12-16)31-13-30-19/h1-9,11-12,18,26H,10,13H2,(H,25,27)/t18-/m1/s1. The molecule has 1 amide bonds. The van der Waals surface area contributed by atoms with E-state index in [4.69, 9.17) is 32.7 Å². The number of fused-ring (bicyclic) bond motifs is 1. The van der Waals surface area contributed by atoms with E-state index in [1.807, 2.05) is 30.3 Å². The van der Waals surface area contributed by atoms with Crippen molar-refractivity contribution in [2.24, 2.45) is 0 Å². The Morgan fingerprint density at radius 2 is 1.72 bits per heavy atom. The first-order chi connectivity index (χ1) is 15.3. The van der Waals surface area contributed by atoms with Gasteiger partial charge in [-0.15, -0.1) is 0 Å². The Morgan fingerprint density at radius 3 is 2.50 bits per heavy atom. The van der Waals surface area contributed by atoms with Crippen LogP contribution in [0.5, 0.6) is 11.5 Å². The molecule has 1 heterocycles. The largest absolute Gasteiger partial charge is 0.454 e. The number of anilines is 1. The fourth-order valence-electron chi connectivity index (χ4n) is 3.18. The summed E-state index contributed by atoms with van der Waals surface area (Å²) in [6.07, 6.45) is 0.120. The van der Waals surface area contributed by atoms with Gasteiger partial charge in [0.1, 0.15) is 10.9 Å². The smallest absolute Gasteiger partial charge is 0.242 e. The molecule has 0 bridgehead atoms. The third kappa shape index (κ3) is 5.16. The lowest BCUT2D eigenvalue weighted by Gasteiger charge is -2.19. The molecule has 7 nitrogen and oxygen atoms in total. The van der Waals surface area contributed by atoms with Crippen LogP contribution in [0.1, 0.15) is 5.56 Å². The van der Waals surface area contributed by atoms with Crippen LogP contribution < -0.4 is 19.5 Å². The molecule has 0 aromatic heterocycles. The summed E-state index contributed by atoms with van der Waals surface area (Å²) < 4.78 is 39.1. The van der Waals surface area contributed by atoms with E-state index < -0.39 is 22.0 Å². The van der Waals surface area contributed by atoms with E-state index >= 15 is 0 Å². The molecule has 3 aromatic rings. The fraction of sp³-hybridized carbons (Fsp3) is 0.136. The summed E-state index contributed by atoms with van der Waals surface area (Å²) in [4.78, 5) is 12.9. The maximum Gasteiger partial charge on any atom is 0.242 e. The Morgan fingerprint density at radius 1 is 0.969 bits per heavy atom. The summed E-state index contributed by atoms with van der Waals surface area (Å²) in [5.41, 5.74) is 1.22. The Bertz CT molecular complexity index is 1250. The van der Waals surface area contributed by atoms with Crippen molar-refractivity contribution in [1.29, 1.82) is 0 Å². The molecule has 0 saturated carbocycles. The lowest BCUT2D eigenvalue weighted by Crippen LogP contribution is -2.45. The van der Waals surface area contributed by atoms with Crippen LogP contribution in [0.4, 0.5) is 5.69 Å². The van der Waals surface area contributed by atoms with Crippen LogP contribution in [0, 0.1) is 0 Å². The van der Waals surface area contributed by atoms with Gasteiger partial charge in [0, 0.05) is 16.8 Å². The van der Waals surface area contributed by atoms with Gasteiger partial charge in [-0.1, -0.05) is 53.5 Å². The lowest BCUT2D eigenvalue weighted by molar-refractivity contribution is -0.117. The first kappa shape index (κ1) is 22.4. The van der Waals surface area contributed by atoms with Gasteiger partial charge in [0.15, 0.2) is 11.5 Å². The van der Waals surface area contributed by atoms with Crippen molar-refractivity contribution < 1.29 is 22.7 Å². The third-order valence-corrected chi connectivity index (χ3v) is 6.91. The van der Waals surface area contributed by atoms with Gasteiger partial charge in [-0.25, -0.2) is 8.42 Å². The maximum absolute atomic E-state index is 13.1. The Kier molecular flexibility index (Phi) is 6.57. The van der Waals surface area contributed by atoms with Gasteiger partial charge in [0.25, 0.3) is 0 Å². The molecule has 0 fully saturated rings. The van der Waals surface area contributed by atoms with E-state index in [1.165, 1.54) is 18.2 Å². The summed E-state index contributed by atoms with van der Waals surface area (Å²) in [6, 6.07) is 17.0. The van der Waals surface area contributed by atoms with Gasteiger partial charge in [0.2, 0.25) is 22.7 Å². The van der Waals surface area contributed by atoms with Crippen LogP contribution in [0.25, 0.3) is 0 Å². The zero-order chi connectivity index (χ0) is 22.7. The second kappa shape index (κ2) is 9.38. The SMILES string of the molecule is O=C(Nc1ccc2c(c1)OCO2)[C@@H](Cc1ccccc1)NS(=O)(=O)c1cc(Cl)ccc1Cl. The predicted molar refractivity (Wildman–Crippen MR) is 122 cm³/mol. The van der Waals surface area contributed by atoms with Crippen LogP contribution >= 0.6 is 23.2 Å². The zero-order valence-electron chi connectivity index (χ0n) is 16.5. The molecule has 10 heteroatoms. The topological polar surface area (TPSA) is 93.7 Å². The molecule has 4 rings (SSSR count). The second-order valence-corrected chi connectivity index (χ2v) is 9.52. The normalized spacial score (nSPS) is 13.6. The van der Waals surface area contributed by atoms with Crippen molar-refractivity contribution in [1.82, 2.24) is 4.72 Å². The number of hydrogen-bond acceptors (Lipinski definition) is 5. The van der Waals surface area contributed by atoms with E-state index in [9.17, 15) is 13.2 Å². The minimum atomic E-state index is -4.15. The highest BCUT2D eigenvalue weighted by atomic mass is 35.5. The van der Waals surface area contributed by atoms with E-state index in [0.29, 0.717) is 17.2 Å². The van der Waals surface area contributed by atoms with Gasteiger partial charge < -0.3 is 14.8 Å². The third-order valence-electron chi connectivity index (χ3n) is 4.72. The van der Waals surface area contributed by atoms with Crippen molar-refractivity contribution in [2.45, 2.75) is 17.4 Å². The van der Waals surface area contributed by atoms with Gasteiger partial charge in [-0.3, -0.25) is 4.79 Å². The fourth-order valence-corrected chi connectivity index (χ4v) is 5.13. The number of ether oxygens (including phenoxy) is 2. The van der Waals surface area contributed by atoms with Crippen LogP contribution in [0.15, 0.2) is 71.6 Å². The van der Waals surface area contributed by atoms with E-state index in [-0.39, 0.29) is 28.2 Å². The minimum absolute atomic E-state index is 0.00320. The molecule has 1 aliphatic rings. The molecule has 1 atom stereocenters. The molecule has 0 saturated heterocycles. The number of rotatable bonds is 7. The number of carbonyl (C=O) groups excluding carboxylic acids is 1. The number of nitrogens with one attached hydrogen (secondary N) is 2. The number of hydrogen-bond donors (Lipinski definition) is 2. The first-order valence-corrected chi connectivity index (χ1v) is 11.8. The molecule has 166 valence electrons. The Labute approximate surface area is 195 Å². The lowest BCUT2D eigenvalue weighted by atomic mass is 10.1. The van der Waals surface area contributed by atoms with Crippen molar-refractivity contribution in [3.8, 4) is 11.5 Å². The molecule has 2 N–H and O–H groups in total. The number of benzene rings is 3. The molecular weight excluding hydrogens is 475 g/mol. The van der Waals surface area contributed by atoms with Crippen LogP contribution in [-0.4, -0.2) is 27.2 Å². The Hall–Kier alpha value is -2.78. The van der Waals surface area contributed by atoms with Gasteiger partial charge in [-0.05, 0) is 42.3 Å². The number of sulfonamides is 1. The molecule has 0 radical (unpaired) electrons. The van der Waals surface area contributed by atoms with Crippen LogP contribution in [-0.2, 0) is 21.2 Å². The number of halogens is 2. The highest BCUT2D eigenvalue weighted by molar-refractivity contribution is 7.89. The first-order valence-electron chi connectivity index (χ1n) is 9.54. The molecular formula is C22H18Cl2N2O5S. The van der Waals surface area contributed by atoms with E-state index in [1.54, 1.807) is 18.2 Å². The summed E-state index contributed by atoms with van der Waals surface area (Å²) in [5.74, 6) is 0.517. The quantitative estimate of drug-likeness (QED) is 0.514. The highest BCUT2D eigenvalue weighted by Gasteiger charge is 2.28. The van der Waals surface area contributed by atoms with Crippen molar-refractivity contribution in [2.75, 3.05) is 12.1 Å². The summed E-state index contributed by atoms with van der Waals surface area (Å²) in [6.45, 7) is 0.101. The molecule has 0 spiro atoms. The summed E-state index contributed by atoms with van der Waals surface area (Å²) in [5, 5.41) is 2.94. The number of carbonyl (C=O) groups is 1. The summed E-state index contributed by atoms with van der Waals surface area (Å²) >= 11 is 12.0. The monoisotopic (exact) mass is 492 g/mol. The van der Waals surface area contributed by atoms with Gasteiger partial charge >= 0.3 is 0 Å². The zero-order valence-corrected chi connectivity index (χ0v) is 18.9. The molecule has 1 aliphatic heterocycles. The minimum Gasteiger partial charge on any atom is -0.454 e. The molecule has 32 heavy (non-hydrogen) atoms. The highest BCUT2D eigenvalue weighted by Crippen LogP contribution is 2.34. The van der Waals surface area contributed by atoms with Crippen molar-refractivity contribution in [3.05, 3.63) is 82.3 Å². The molecule has 0 aliphatic carbocycles. The average Bonchev–Trinajstić information content (AvgIpc) is 3.23.